The van der Waals surface area contributed by atoms with Gasteiger partial charge in [-0.3, -0.25) is 10.2 Å². The van der Waals surface area contributed by atoms with Gasteiger partial charge in [-0.2, -0.15) is 0 Å². The molecule has 19 heavy (non-hydrogen) atoms. The maximum Gasteiger partial charge on any atom is 0.248 e. The van der Waals surface area contributed by atoms with Crippen molar-refractivity contribution >= 4 is 17.3 Å². The number of nitrogens with two attached hydrogens (primary N) is 1. The van der Waals surface area contributed by atoms with Crippen molar-refractivity contribution in [2.75, 3.05) is 12.4 Å². The van der Waals surface area contributed by atoms with Crippen molar-refractivity contribution in [2.45, 2.75) is 6.42 Å². The van der Waals surface area contributed by atoms with Crippen LogP contribution < -0.4 is 15.8 Å². The minimum absolute atomic E-state index is 0.223. The zero-order chi connectivity index (χ0) is 13.8. The van der Waals surface area contributed by atoms with Crippen LogP contribution in [0.3, 0.4) is 0 Å². The smallest absolute Gasteiger partial charge is 0.248 e. The molecule has 0 atom stereocenters. The number of ether oxygens (including phenoxy) is 1. The third-order valence-electron chi connectivity index (χ3n) is 2.79. The van der Waals surface area contributed by atoms with Gasteiger partial charge in [0, 0.05) is 17.8 Å². The van der Waals surface area contributed by atoms with Crippen LogP contribution in [0, 0.1) is 5.41 Å². The molecule has 1 aliphatic rings. The summed E-state index contributed by atoms with van der Waals surface area (Å²) >= 11 is 0. The molecule has 1 aliphatic carbocycles. The van der Waals surface area contributed by atoms with Gasteiger partial charge in [-0.15, -0.1) is 0 Å². The summed E-state index contributed by atoms with van der Waals surface area (Å²) < 4.78 is 5.08. The Morgan fingerprint density at radius 3 is 2.95 bits per heavy atom. The van der Waals surface area contributed by atoms with Crippen LogP contribution in [-0.4, -0.2) is 18.7 Å². The molecule has 2 rings (SSSR count). The lowest BCUT2D eigenvalue weighted by molar-refractivity contribution is -0.111. The van der Waals surface area contributed by atoms with Crippen LogP contribution in [0.1, 0.15) is 6.42 Å². The van der Waals surface area contributed by atoms with Crippen LogP contribution >= 0.6 is 0 Å². The van der Waals surface area contributed by atoms with Crippen molar-refractivity contribution in [3.8, 4) is 5.75 Å². The number of anilines is 1. The molecule has 5 nitrogen and oxygen atoms in total. The fraction of sp³-hybridized carbons (Fsp3) is 0.143. The molecule has 0 fully saturated rings. The van der Waals surface area contributed by atoms with Gasteiger partial charge >= 0.3 is 0 Å². The van der Waals surface area contributed by atoms with E-state index in [1.165, 1.54) is 6.08 Å². The minimum atomic E-state index is -0.281. The molecule has 0 aromatic heterocycles. The monoisotopic (exact) mass is 257 g/mol. The second-order valence-corrected chi connectivity index (χ2v) is 4.13. The number of amides is 1. The summed E-state index contributed by atoms with van der Waals surface area (Å²) in [5.41, 5.74) is 7.49. The van der Waals surface area contributed by atoms with Gasteiger partial charge in [-0.05, 0) is 24.1 Å². The molecule has 0 bridgehead atoms. The Kier molecular flexibility index (Phi) is 3.66. The number of nitrogens with one attached hydrogen (secondary N) is 2. The molecule has 0 aliphatic heterocycles. The van der Waals surface area contributed by atoms with E-state index in [1.807, 2.05) is 0 Å². The summed E-state index contributed by atoms with van der Waals surface area (Å²) in [5.74, 6) is 0.390. The Bertz CT molecular complexity index is 588. The maximum absolute atomic E-state index is 11.8. The predicted molar refractivity (Wildman–Crippen MR) is 74.3 cm³/mol. The Labute approximate surface area is 111 Å². The quantitative estimate of drug-likeness (QED) is 0.722. The molecule has 1 aromatic rings. The van der Waals surface area contributed by atoms with E-state index in [9.17, 15) is 4.79 Å². The Hall–Kier alpha value is -2.56. The van der Waals surface area contributed by atoms with Gasteiger partial charge in [-0.25, -0.2) is 0 Å². The second-order valence-electron chi connectivity index (χ2n) is 4.13. The lowest BCUT2D eigenvalue weighted by Crippen LogP contribution is -2.12. The van der Waals surface area contributed by atoms with Gasteiger partial charge in [0.1, 0.15) is 5.75 Å². The number of rotatable bonds is 3. The third-order valence-corrected chi connectivity index (χ3v) is 2.79. The van der Waals surface area contributed by atoms with Gasteiger partial charge in [0.2, 0.25) is 5.91 Å². The number of carbonyl (C=O) groups is 1. The van der Waals surface area contributed by atoms with Gasteiger partial charge in [0.05, 0.1) is 18.5 Å². The molecule has 1 aromatic carbocycles. The molecule has 0 saturated carbocycles. The molecule has 0 spiro atoms. The summed E-state index contributed by atoms with van der Waals surface area (Å²) in [7, 11) is 1.57. The van der Waals surface area contributed by atoms with Crippen molar-refractivity contribution in [2.24, 2.45) is 5.73 Å². The van der Waals surface area contributed by atoms with Gasteiger partial charge < -0.3 is 15.8 Å². The average Bonchev–Trinajstić information content (AvgIpc) is 2.71. The van der Waals surface area contributed by atoms with Crippen LogP contribution in [0.15, 0.2) is 47.7 Å². The zero-order valence-corrected chi connectivity index (χ0v) is 10.6. The first kappa shape index (κ1) is 12.9. The second kappa shape index (κ2) is 5.39. The highest BCUT2D eigenvalue weighted by Gasteiger charge is 2.15. The molecular formula is C14H15N3O2. The van der Waals surface area contributed by atoms with Crippen LogP contribution in [0.4, 0.5) is 5.69 Å². The Morgan fingerprint density at radius 1 is 1.53 bits per heavy atom. The van der Waals surface area contributed by atoms with Gasteiger partial charge in [-0.1, -0.05) is 12.1 Å². The molecule has 0 heterocycles. The lowest BCUT2D eigenvalue weighted by atomic mass is 10.1. The van der Waals surface area contributed by atoms with E-state index in [1.54, 1.807) is 37.5 Å². The number of hydrogen-bond donors (Lipinski definition) is 3. The first-order valence-electron chi connectivity index (χ1n) is 5.80. The summed E-state index contributed by atoms with van der Waals surface area (Å²) in [6.45, 7) is 0. The third kappa shape index (κ3) is 3.01. The van der Waals surface area contributed by atoms with E-state index in [4.69, 9.17) is 15.9 Å². The minimum Gasteiger partial charge on any atom is -0.497 e. The number of benzene rings is 1. The van der Waals surface area contributed by atoms with E-state index in [2.05, 4.69) is 5.32 Å². The standard InChI is InChI=1S/C14H15N3O2/c1-19-11-4-2-3-10(8-11)17-13(18)7-9-5-6-12(15)14(9)16/h2-4,6-8,16H,5,15H2,1H3,(H,17,18)/b9-7-,16-14?. The molecule has 98 valence electrons. The van der Waals surface area contributed by atoms with E-state index in [-0.39, 0.29) is 11.6 Å². The molecule has 0 radical (unpaired) electrons. The highest BCUT2D eigenvalue weighted by Crippen LogP contribution is 2.19. The number of methoxy groups -OCH3 is 1. The molecular weight excluding hydrogens is 242 g/mol. The molecule has 4 N–H and O–H groups in total. The normalized spacial score (nSPS) is 16.4. The first-order valence-corrected chi connectivity index (χ1v) is 5.80. The van der Waals surface area contributed by atoms with Crippen LogP contribution in [0.25, 0.3) is 0 Å². The lowest BCUT2D eigenvalue weighted by Gasteiger charge is -2.05. The number of hydrogen-bond acceptors (Lipinski definition) is 4. The molecule has 0 unspecified atom stereocenters. The Morgan fingerprint density at radius 2 is 2.32 bits per heavy atom. The predicted octanol–water partition coefficient (Wildman–Crippen LogP) is 1.83. The molecule has 0 saturated heterocycles. The van der Waals surface area contributed by atoms with Crippen LogP contribution in [-0.2, 0) is 4.79 Å². The van der Waals surface area contributed by atoms with Crippen LogP contribution in [0.2, 0.25) is 0 Å². The number of allylic oxidation sites excluding steroid dienone is 2. The highest BCUT2D eigenvalue weighted by atomic mass is 16.5. The van der Waals surface area contributed by atoms with Crippen molar-refractivity contribution in [1.82, 2.24) is 0 Å². The van der Waals surface area contributed by atoms with Crippen molar-refractivity contribution in [3.05, 3.63) is 47.7 Å². The van der Waals surface area contributed by atoms with Gasteiger partial charge in [0.25, 0.3) is 0 Å². The molecule has 5 heteroatoms. The fourth-order valence-electron chi connectivity index (χ4n) is 1.78. The van der Waals surface area contributed by atoms with Crippen molar-refractivity contribution in [3.63, 3.8) is 0 Å². The van der Waals surface area contributed by atoms with E-state index < -0.39 is 0 Å². The summed E-state index contributed by atoms with van der Waals surface area (Å²) in [5, 5.41) is 10.4. The fourth-order valence-corrected chi connectivity index (χ4v) is 1.78. The topological polar surface area (TPSA) is 88.2 Å². The molecule has 1 amide bonds. The summed E-state index contributed by atoms with van der Waals surface area (Å²) in [6, 6.07) is 7.08. The van der Waals surface area contributed by atoms with Gasteiger partial charge in [0.15, 0.2) is 0 Å². The average molecular weight is 257 g/mol. The van der Waals surface area contributed by atoms with Crippen molar-refractivity contribution < 1.29 is 9.53 Å². The number of carbonyl (C=O) groups excluding carboxylic acids is 1. The Balaban J connectivity index is 2.06. The van der Waals surface area contributed by atoms with E-state index in [0.29, 0.717) is 29.1 Å². The van der Waals surface area contributed by atoms with E-state index >= 15 is 0 Å². The first-order chi connectivity index (χ1) is 9.10. The van der Waals surface area contributed by atoms with E-state index in [0.717, 1.165) is 0 Å². The zero-order valence-electron chi connectivity index (χ0n) is 10.6. The van der Waals surface area contributed by atoms with Crippen LogP contribution in [0.5, 0.6) is 5.75 Å². The summed E-state index contributed by atoms with van der Waals surface area (Å²) in [4.78, 5) is 11.8. The largest absolute Gasteiger partial charge is 0.497 e. The van der Waals surface area contributed by atoms with Crippen molar-refractivity contribution in [1.29, 1.82) is 5.41 Å². The highest BCUT2D eigenvalue weighted by molar-refractivity contribution is 6.16. The SMILES string of the molecule is COc1cccc(NC(=O)/C=C2/CC=C(N)C2=N)c1. The maximum atomic E-state index is 11.8. The summed E-state index contributed by atoms with van der Waals surface area (Å²) in [6.07, 6.45) is 3.65.